The number of benzene rings is 1. The average molecular weight is 423 g/mol. The van der Waals surface area contributed by atoms with Crippen LogP contribution in [0, 0.1) is 16.0 Å². The van der Waals surface area contributed by atoms with E-state index in [-0.39, 0.29) is 10.6 Å². The van der Waals surface area contributed by atoms with Crippen molar-refractivity contribution in [2.24, 2.45) is 5.92 Å². The molecule has 1 N–H and O–H groups in total. The summed E-state index contributed by atoms with van der Waals surface area (Å²) in [6.07, 6.45) is 7.33. The molecule has 0 amide bonds. The summed E-state index contributed by atoms with van der Waals surface area (Å²) in [7, 11) is -3.86. The number of piperazine rings is 1. The lowest BCUT2D eigenvalue weighted by Crippen LogP contribution is -2.65. The van der Waals surface area contributed by atoms with E-state index >= 15 is 0 Å². The maximum Gasteiger partial charge on any atom is 0.270 e. The summed E-state index contributed by atoms with van der Waals surface area (Å²) in [6.45, 7) is 4.81. The van der Waals surface area contributed by atoms with E-state index in [1.54, 1.807) is 0 Å². The van der Waals surface area contributed by atoms with Crippen LogP contribution in [0.5, 0.6) is 0 Å². The van der Waals surface area contributed by atoms with E-state index in [2.05, 4.69) is 14.5 Å². The first-order valence-electron chi connectivity index (χ1n) is 10.6. The molecule has 1 aromatic rings. The smallest absolute Gasteiger partial charge is 0.270 e. The van der Waals surface area contributed by atoms with Crippen molar-refractivity contribution in [1.82, 2.24) is 14.5 Å². The predicted octanol–water partition coefficient (Wildman–Crippen LogP) is 2.56. The van der Waals surface area contributed by atoms with Gasteiger partial charge in [0.25, 0.3) is 5.69 Å². The summed E-state index contributed by atoms with van der Waals surface area (Å²) < 4.78 is 29.3. The zero-order valence-electron chi connectivity index (χ0n) is 16.8. The van der Waals surface area contributed by atoms with Gasteiger partial charge in [-0.05, 0) is 37.7 Å². The van der Waals surface area contributed by atoms with Crippen molar-refractivity contribution in [1.29, 1.82) is 0 Å². The van der Waals surface area contributed by atoms with Gasteiger partial charge in [-0.3, -0.25) is 15.0 Å². The second-order valence-electron chi connectivity index (χ2n) is 8.68. The Bertz CT molecular complexity index is 842. The standard InChI is InChI=1S/C20H30N4O4S/c25-24(26)18-5-4-6-19(15-18)29(27,28)21-20(9-2-1-3-10-20)23-13-11-22(12-14-23)16-17-7-8-17/h4-6,15,17,21H,1-3,7-14,16H2. The topological polar surface area (TPSA) is 95.8 Å². The molecule has 2 saturated carbocycles. The molecule has 9 heteroatoms. The van der Waals surface area contributed by atoms with E-state index in [0.29, 0.717) is 0 Å². The Kier molecular flexibility index (Phi) is 5.92. The van der Waals surface area contributed by atoms with Gasteiger partial charge in [0.15, 0.2) is 0 Å². The minimum Gasteiger partial charge on any atom is -0.301 e. The first kappa shape index (κ1) is 20.7. The van der Waals surface area contributed by atoms with E-state index in [1.807, 2.05) is 0 Å². The van der Waals surface area contributed by atoms with Crippen molar-refractivity contribution in [3.8, 4) is 0 Å². The molecule has 0 radical (unpaired) electrons. The quantitative estimate of drug-likeness (QED) is 0.536. The summed E-state index contributed by atoms with van der Waals surface area (Å²) in [5.41, 5.74) is -0.799. The van der Waals surface area contributed by atoms with Gasteiger partial charge in [0.2, 0.25) is 10.0 Å². The highest BCUT2D eigenvalue weighted by atomic mass is 32.2. The van der Waals surface area contributed by atoms with Gasteiger partial charge >= 0.3 is 0 Å². The third-order valence-electron chi connectivity index (χ3n) is 6.53. The van der Waals surface area contributed by atoms with E-state index in [9.17, 15) is 18.5 Å². The van der Waals surface area contributed by atoms with Crippen LogP contribution in [-0.4, -0.2) is 61.5 Å². The Morgan fingerprint density at radius 3 is 2.41 bits per heavy atom. The summed E-state index contributed by atoms with van der Waals surface area (Å²) in [4.78, 5) is 15.3. The number of hydrogen-bond acceptors (Lipinski definition) is 6. The molecule has 1 aromatic carbocycles. The molecular weight excluding hydrogens is 392 g/mol. The molecule has 1 aliphatic heterocycles. The average Bonchev–Trinajstić information content (AvgIpc) is 3.53. The zero-order valence-corrected chi connectivity index (χ0v) is 17.6. The van der Waals surface area contributed by atoms with Crippen LogP contribution >= 0.6 is 0 Å². The number of nitro benzene ring substituents is 1. The van der Waals surface area contributed by atoms with Crippen LogP contribution in [0.1, 0.15) is 44.9 Å². The van der Waals surface area contributed by atoms with E-state index in [0.717, 1.165) is 70.3 Å². The van der Waals surface area contributed by atoms with Gasteiger partial charge in [0.05, 0.1) is 15.5 Å². The van der Waals surface area contributed by atoms with Crippen molar-refractivity contribution in [2.45, 2.75) is 55.5 Å². The second kappa shape index (κ2) is 8.29. The number of hydrogen-bond donors (Lipinski definition) is 1. The molecule has 29 heavy (non-hydrogen) atoms. The highest BCUT2D eigenvalue weighted by Gasteiger charge is 2.43. The zero-order chi connectivity index (χ0) is 20.5. The van der Waals surface area contributed by atoms with Crippen molar-refractivity contribution >= 4 is 15.7 Å². The lowest BCUT2D eigenvalue weighted by Gasteiger charge is -2.49. The van der Waals surface area contributed by atoms with Gasteiger partial charge in [0, 0.05) is 44.9 Å². The molecule has 2 aliphatic carbocycles. The third-order valence-corrected chi connectivity index (χ3v) is 8.06. The molecule has 1 heterocycles. The van der Waals surface area contributed by atoms with E-state index in [4.69, 9.17) is 0 Å². The number of nitrogens with zero attached hydrogens (tertiary/aromatic N) is 3. The van der Waals surface area contributed by atoms with Gasteiger partial charge in [-0.2, -0.15) is 4.72 Å². The number of non-ortho nitro benzene ring substituents is 1. The maximum atomic E-state index is 13.2. The van der Waals surface area contributed by atoms with Crippen molar-refractivity contribution in [2.75, 3.05) is 32.7 Å². The molecule has 4 rings (SSSR count). The Morgan fingerprint density at radius 1 is 1.10 bits per heavy atom. The molecule has 0 aromatic heterocycles. The van der Waals surface area contributed by atoms with Crippen LogP contribution in [0.3, 0.4) is 0 Å². The summed E-state index contributed by atoms with van der Waals surface area (Å²) in [5, 5.41) is 11.1. The van der Waals surface area contributed by atoms with Crippen LogP contribution in [0.15, 0.2) is 29.2 Å². The molecule has 1 saturated heterocycles. The molecule has 160 valence electrons. The maximum absolute atomic E-state index is 13.2. The summed E-state index contributed by atoms with van der Waals surface area (Å²) in [5.74, 6) is 0.859. The lowest BCUT2D eigenvalue weighted by atomic mass is 9.88. The van der Waals surface area contributed by atoms with Gasteiger partial charge < -0.3 is 4.90 Å². The van der Waals surface area contributed by atoms with Crippen molar-refractivity contribution in [3.05, 3.63) is 34.4 Å². The van der Waals surface area contributed by atoms with Gasteiger partial charge in [0.1, 0.15) is 0 Å². The Hall–Kier alpha value is -1.55. The summed E-state index contributed by atoms with van der Waals surface area (Å²) in [6, 6.07) is 5.32. The fourth-order valence-electron chi connectivity index (χ4n) is 4.72. The molecule has 0 unspecified atom stereocenters. The highest BCUT2D eigenvalue weighted by Crippen LogP contribution is 2.35. The largest absolute Gasteiger partial charge is 0.301 e. The molecule has 3 aliphatic rings. The first-order chi connectivity index (χ1) is 13.9. The fraction of sp³-hybridized carbons (Fsp3) is 0.700. The SMILES string of the molecule is O=[N+]([O-])c1cccc(S(=O)(=O)NC2(N3CCN(CC4CC4)CC3)CCCCC2)c1. The fourth-order valence-corrected chi connectivity index (χ4v) is 6.20. The van der Waals surface area contributed by atoms with Crippen LogP contribution in [0.4, 0.5) is 5.69 Å². The molecular formula is C20H30N4O4S. The van der Waals surface area contributed by atoms with Crippen LogP contribution in [0.2, 0.25) is 0 Å². The minimum atomic E-state index is -3.86. The Labute approximate surface area is 172 Å². The van der Waals surface area contributed by atoms with Gasteiger partial charge in [-0.15, -0.1) is 0 Å². The normalized spacial score (nSPS) is 23.7. The van der Waals surface area contributed by atoms with E-state index < -0.39 is 20.6 Å². The Balaban J connectivity index is 1.52. The highest BCUT2D eigenvalue weighted by molar-refractivity contribution is 7.89. The molecule has 3 fully saturated rings. The number of nitrogens with one attached hydrogen (secondary N) is 1. The van der Waals surface area contributed by atoms with Gasteiger partial charge in [-0.25, -0.2) is 8.42 Å². The summed E-state index contributed by atoms with van der Waals surface area (Å²) >= 11 is 0. The predicted molar refractivity (Wildman–Crippen MR) is 110 cm³/mol. The van der Waals surface area contributed by atoms with Crippen molar-refractivity contribution < 1.29 is 13.3 Å². The Morgan fingerprint density at radius 2 is 1.79 bits per heavy atom. The second-order valence-corrected chi connectivity index (χ2v) is 10.4. The van der Waals surface area contributed by atoms with Crippen LogP contribution in [0.25, 0.3) is 0 Å². The molecule has 0 spiro atoms. The van der Waals surface area contributed by atoms with Gasteiger partial charge in [-0.1, -0.05) is 25.3 Å². The molecule has 8 nitrogen and oxygen atoms in total. The molecule has 0 atom stereocenters. The number of nitro groups is 1. The third kappa shape index (κ3) is 4.79. The van der Waals surface area contributed by atoms with Crippen LogP contribution < -0.4 is 4.72 Å². The molecule has 0 bridgehead atoms. The van der Waals surface area contributed by atoms with Crippen LogP contribution in [-0.2, 0) is 10.0 Å². The minimum absolute atomic E-state index is 0.0379. The van der Waals surface area contributed by atoms with E-state index in [1.165, 1.54) is 37.6 Å². The number of rotatable bonds is 7. The monoisotopic (exact) mass is 422 g/mol. The first-order valence-corrected chi connectivity index (χ1v) is 12.1. The number of sulfonamides is 1. The van der Waals surface area contributed by atoms with Crippen molar-refractivity contribution in [3.63, 3.8) is 0 Å². The lowest BCUT2D eigenvalue weighted by molar-refractivity contribution is -0.385.